The van der Waals surface area contributed by atoms with Gasteiger partial charge in [-0.2, -0.15) is 5.10 Å². The summed E-state index contributed by atoms with van der Waals surface area (Å²) in [5.41, 5.74) is 1.71. The van der Waals surface area contributed by atoms with Gasteiger partial charge in [-0.3, -0.25) is 9.36 Å². The Labute approximate surface area is 127 Å². The van der Waals surface area contributed by atoms with E-state index in [-0.39, 0.29) is 11.6 Å². The van der Waals surface area contributed by atoms with Crippen molar-refractivity contribution in [3.05, 3.63) is 33.3 Å². The Balaban J connectivity index is 1.66. The van der Waals surface area contributed by atoms with Crippen molar-refractivity contribution >= 4 is 5.91 Å². The lowest BCUT2D eigenvalue weighted by molar-refractivity contribution is -0.132. The van der Waals surface area contributed by atoms with Gasteiger partial charge in [-0.05, 0) is 20.3 Å². The fourth-order valence-electron chi connectivity index (χ4n) is 2.83. The monoisotopic (exact) mass is 305 g/mol. The van der Waals surface area contributed by atoms with Crippen LogP contribution in [-0.2, 0) is 31.4 Å². The number of carbonyl (C=O) groups excluding carboxylic acids is 1. The van der Waals surface area contributed by atoms with Crippen molar-refractivity contribution in [3.63, 3.8) is 0 Å². The van der Waals surface area contributed by atoms with Crippen molar-refractivity contribution in [2.45, 2.75) is 39.8 Å². The van der Waals surface area contributed by atoms with Crippen LogP contribution in [0, 0.1) is 13.8 Å². The highest BCUT2D eigenvalue weighted by atomic mass is 16.5. The molecule has 1 aliphatic rings. The van der Waals surface area contributed by atoms with Gasteiger partial charge in [-0.1, -0.05) is 5.16 Å². The topological polar surface area (TPSA) is 86.2 Å². The molecule has 0 fully saturated rings. The van der Waals surface area contributed by atoms with E-state index in [2.05, 4.69) is 10.3 Å². The summed E-state index contributed by atoms with van der Waals surface area (Å²) in [5.74, 6) is 1.47. The van der Waals surface area contributed by atoms with Crippen molar-refractivity contribution in [3.8, 4) is 0 Å². The minimum Gasteiger partial charge on any atom is -0.361 e. The fourth-order valence-corrected chi connectivity index (χ4v) is 2.83. The zero-order chi connectivity index (χ0) is 15.9. The lowest BCUT2D eigenvalue weighted by Gasteiger charge is -2.26. The number of aryl methyl sites for hydroxylation is 3. The summed E-state index contributed by atoms with van der Waals surface area (Å²) >= 11 is 0. The second-order valence-electron chi connectivity index (χ2n) is 5.59. The van der Waals surface area contributed by atoms with Crippen LogP contribution >= 0.6 is 0 Å². The predicted octanol–water partition coefficient (Wildman–Crippen LogP) is 0.162. The van der Waals surface area contributed by atoms with E-state index in [9.17, 15) is 9.59 Å². The van der Waals surface area contributed by atoms with Crippen molar-refractivity contribution in [1.82, 2.24) is 24.4 Å². The average molecular weight is 305 g/mol. The first-order chi connectivity index (χ1) is 10.5. The third-order valence-electron chi connectivity index (χ3n) is 4.13. The highest BCUT2D eigenvalue weighted by Crippen LogP contribution is 2.16. The van der Waals surface area contributed by atoms with Crippen molar-refractivity contribution in [2.75, 3.05) is 6.54 Å². The number of rotatable bonds is 3. The van der Waals surface area contributed by atoms with E-state index in [1.807, 2.05) is 13.8 Å². The minimum absolute atomic E-state index is 0.0596. The highest BCUT2D eigenvalue weighted by molar-refractivity contribution is 5.76. The predicted molar refractivity (Wildman–Crippen MR) is 77.2 cm³/mol. The molecular weight excluding hydrogens is 286 g/mol. The third-order valence-corrected chi connectivity index (χ3v) is 4.13. The van der Waals surface area contributed by atoms with Crippen LogP contribution in [0.5, 0.6) is 0 Å². The second-order valence-corrected chi connectivity index (χ2v) is 5.59. The molecular formula is C14H19N5O3. The molecule has 0 aromatic carbocycles. The molecule has 3 rings (SSSR count). The number of aromatic nitrogens is 4. The summed E-state index contributed by atoms with van der Waals surface area (Å²) in [7, 11) is 1.62. The molecule has 2 aromatic rings. The SMILES string of the molecule is Cc1noc(C)c1CCC(=O)N1CCn2c(nn(C)c2=O)C1. The maximum Gasteiger partial charge on any atom is 0.345 e. The van der Waals surface area contributed by atoms with Crippen molar-refractivity contribution in [2.24, 2.45) is 7.05 Å². The molecule has 0 aliphatic carbocycles. The van der Waals surface area contributed by atoms with Gasteiger partial charge in [0.05, 0.1) is 12.2 Å². The van der Waals surface area contributed by atoms with Gasteiger partial charge in [0, 0.05) is 32.1 Å². The van der Waals surface area contributed by atoms with E-state index in [0.717, 1.165) is 17.0 Å². The molecule has 0 saturated heterocycles. The Bertz CT molecular complexity index is 751. The Hall–Kier alpha value is -2.38. The fraction of sp³-hybridized carbons (Fsp3) is 0.571. The smallest absolute Gasteiger partial charge is 0.345 e. The number of hydrogen-bond donors (Lipinski definition) is 0. The normalized spacial score (nSPS) is 14.2. The maximum atomic E-state index is 12.4. The molecule has 0 saturated carbocycles. The second kappa shape index (κ2) is 5.43. The molecule has 8 nitrogen and oxygen atoms in total. The van der Waals surface area contributed by atoms with E-state index in [0.29, 0.717) is 38.3 Å². The molecule has 0 radical (unpaired) electrons. The summed E-state index contributed by atoms with van der Waals surface area (Å²) in [5, 5.41) is 8.07. The number of amides is 1. The van der Waals surface area contributed by atoms with Crippen molar-refractivity contribution in [1.29, 1.82) is 0 Å². The zero-order valence-corrected chi connectivity index (χ0v) is 13.0. The van der Waals surface area contributed by atoms with Crippen LogP contribution in [0.3, 0.4) is 0 Å². The number of nitrogens with zero attached hydrogens (tertiary/aromatic N) is 5. The minimum atomic E-state index is -0.127. The highest BCUT2D eigenvalue weighted by Gasteiger charge is 2.24. The molecule has 1 amide bonds. The summed E-state index contributed by atoms with van der Waals surface area (Å²) < 4.78 is 8.05. The number of hydrogen-bond acceptors (Lipinski definition) is 5. The van der Waals surface area contributed by atoms with Crippen LogP contribution in [0.1, 0.15) is 29.3 Å². The molecule has 0 bridgehead atoms. The van der Waals surface area contributed by atoms with Crippen LogP contribution < -0.4 is 5.69 Å². The molecule has 2 aromatic heterocycles. The van der Waals surface area contributed by atoms with Gasteiger partial charge in [0.1, 0.15) is 5.76 Å². The van der Waals surface area contributed by atoms with Crippen LogP contribution in [0.4, 0.5) is 0 Å². The van der Waals surface area contributed by atoms with Gasteiger partial charge in [0.2, 0.25) is 5.91 Å². The van der Waals surface area contributed by atoms with E-state index in [1.54, 1.807) is 16.5 Å². The lowest BCUT2D eigenvalue weighted by Crippen LogP contribution is -2.41. The summed E-state index contributed by atoms with van der Waals surface area (Å²) in [4.78, 5) is 25.9. The molecule has 8 heteroatoms. The van der Waals surface area contributed by atoms with Crippen LogP contribution in [0.15, 0.2) is 9.32 Å². The first kappa shape index (κ1) is 14.6. The Kier molecular flexibility index (Phi) is 3.59. The van der Waals surface area contributed by atoms with Crippen LogP contribution in [0.25, 0.3) is 0 Å². The van der Waals surface area contributed by atoms with Gasteiger partial charge < -0.3 is 9.42 Å². The standard InChI is InChI=1S/C14H19N5O3/c1-9-11(10(2)22-16-9)4-5-13(20)18-6-7-19-12(8-18)15-17(3)14(19)21/h4-8H2,1-3H3. The third kappa shape index (κ3) is 2.44. The Morgan fingerprint density at radius 2 is 2.09 bits per heavy atom. The van der Waals surface area contributed by atoms with Gasteiger partial charge in [-0.25, -0.2) is 9.48 Å². The molecule has 0 unspecified atom stereocenters. The van der Waals surface area contributed by atoms with Gasteiger partial charge in [0.25, 0.3) is 0 Å². The summed E-state index contributed by atoms with van der Waals surface area (Å²) in [6.45, 7) is 5.16. The van der Waals surface area contributed by atoms with E-state index in [4.69, 9.17) is 4.52 Å². The van der Waals surface area contributed by atoms with Gasteiger partial charge in [-0.15, -0.1) is 0 Å². The molecule has 118 valence electrons. The van der Waals surface area contributed by atoms with Crippen LogP contribution in [-0.4, -0.2) is 36.9 Å². The zero-order valence-electron chi connectivity index (χ0n) is 13.0. The lowest BCUT2D eigenvalue weighted by atomic mass is 10.1. The van der Waals surface area contributed by atoms with E-state index < -0.39 is 0 Å². The summed E-state index contributed by atoms with van der Waals surface area (Å²) in [6.07, 6.45) is 1.02. The Morgan fingerprint density at radius 1 is 1.32 bits per heavy atom. The van der Waals surface area contributed by atoms with E-state index >= 15 is 0 Å². The van der Waals surface area contributed by atoms with Gasteiger partial charge >= 0.3 is 5.69 Å². The van der Waals surface area contributed by atoms with E-state index in [1.165, 1.54) is 4.68 Å². The van der Waals surface area contributed by atoms with Crippen molar-refractivity contribution < 1.29 is 9.32 Å². The van der Waals surface area contributed by atoms with Crippen LogP contribution in [0.2, 0.25) is 0 Å². The first-order valence-electron chi connectivity index (χ1n) is 7.29. The molecule has 0 N–H and O–H groups in total. The number of fused-ring (bicyclic) bond motifs is 1. The quantitative estimate of drug-likeness (QED) is 0.806. The molecule has 1 aliphatic heterocycles. The number of carbonyl (C=O) groups is 1. The molecule has 22 heavy (non-hydrogen) atoms. The average Bonchev–Trinajstić information content (AvgIpc) is 2.97. The molecule has 0 atom stereocenters. The maximum absolute atomic E-state index is 12.4. The van der Waals surface area contributed by atoms with Gasteiger partial charge in [0.15, 0.2) is 5.82 Å². The largest absolute Gasteiger partial charge is 0.361 e. The molecule has 0 spiro atoms. The first-order valence-corrected chi connectivity index (χ1v) is 7.29. The molecule has 3 heterocycles. The summed E-state index contributed by atoms with van der Waals surface area (Å²) in [6, 6.07) is 0. The Morgan fingerprint density at radius 3 is 2.77 bits per heavy atom.